The lowest BCUT2D eigenvalue weighted by molar-refractivity contribution is -0.122. The van der Waals surface area contributed by atoms with Crippen LogP contribution >= 0.6 is 0 Å². The van der Waals surface area contributed by atoms with Crippen LogP contribution in [0.4, 0.5) is 0 Å². The first-order valence-corrected chi connectivity index (χ1v) is 25.3. The van der Waals surface area contributed by atoms with Gasteiger partial charge in [0.25, 0.3) is 0 Å². The zero-order valence-corrected chi connectivity index (χ0v) is 43.5. The first kappa shape index (κ1) is 56.7. The summed E-state index contributed by atoms with van der Waals surface area (Å²) < 4.78 is 49.5. The van der Waals surface area contributed by atoms with E-state index in [1.807, 2.05) is 32.0 Å². The highest BCUT2D eigenvalue weighted by Gasteiger charge is 2.40. The number of benzene rings is 1. The highest BCUT2D eigenvalue weighted by atomic mass is 16.6. The minimum absolute atomic E-state index is 0.108. The number of H-pyrrole nitrogens is 2. The van der Waals surface area contributed by atoms with Crippen LogP contribution in [0.3, 0.4) is 0 Å². The van der Waals surface area contributed by atoms with Gasteiger partial charge >= 0.3 is 5.97 Å². The van der Waals surface area contributed by atoms with Gasteiger partial charge in [-0.05, 0) is 98.7 Å². The van der Waals surface area contributed by atoms with Crippen LogP contribution in [0, 0.1) is 0 Å². The number of aromatic amines is 2. The van der Waals surface area contributed by atoms with E-state index in [-0.39, 0.29) is 41.4 Å². The Balaban J connectivity index is 0.976. The fourth-order valence-corrected chi connectivity index (χ4v) is 8.43. The van der Waals surface area contributed by atoms with Gasteiger partial charge in [0.15, 0.2) is 17.2 Å². The van der Waals surface area contributed by atoms with Gasteiger partial charge in [-0.3, -0.25) is 14.6 Å². The molecular weight excluding hydrogens is 939 g/mol. The van der Waals surface area contributed by atoms with Crippen molar-refractivity contribution in [2.45, 2.75) is 77.0 Å². The predicted octanol–water partition coefficient (Wildman–Crippen LogP) is 6.69. The van der Waals surface area contributed by atoms with Crippen LogP contribution in [0.15, 0.2) is 54.6 Å². The smallest absolute Gasteiger partial charge is 0.335 e. The summed E-state index contributed by atoms with van der Waals surface area (Å²) in [5, 5.41) is 12.4. The Bertz CT molecular complexity index is 2570. The van der Waals surface area contributed by atoms with Crippen LogP contribution in [0.2, 0.25) is 0 Å². The van der Waals surface area contributed by atoms with E-state index in [1.165, 1.54) is 0 Å². The van der Waals surface area contributed by atoms with E-state index in [4.69, 9.17) is 52.6 Å². The number of hydrogen-bond donors (Lipinski definition) is 4. The van der Waals surface area contributed by atoms with Crippen molar-refractivity contribution < 1.29 is 62.1 Å². The lowest BCUT2D eigenvalue weighted by Crippen LogP contribution is -2.26. The number of methoxy groups -OCH3 is 2. The van der Waals surface area contributed by atoms with Gasteiger partial charge in [0.05, 0.1) is 128 Å². The van der Waals surface area contributed by atoms with Crippen LogP contribution in [-0.4, -0.2) is 163 Å². The maximum atomic E-state index is 14.3. The summed E-state index contributed by atoms with van der Waals surface area (Å²) in [5.74, 6) is -0.863. The van der Waals surface area contributed by atoms with Gasteiger partial charge in [0.1, 0.15) is 0 Å². The molecule has 0 saturated heterocycles. The first-order chi connectivity index (χ1) is 35.3. The molecule has 73 heavy (non-hydrogen) atoms. The van der Waals surface area contributed by atoms with Gasteiger partial charge < -0.3 is 63.0 Å². The third kappa shape index (κ3) is 17.3. The molecule has 0 fully saturated rings. The number of amides is 1. The second-order valence-electron chi connectivity index (χ2n) is 19.1. The fraction of sp³-hybridized carbons (Fsp3) is 0.545. The van der Waals surface area contributed by atoms with Crippen LogP contribution in [-0.2, 0) is 79.2 Å². The van der Waals surface area contributed by atoms with Gasteiger partial charge in [0, 0.05) is 59.8 Å². The molecule has 0 atom stereocenters. The molecular formula is C55H75N5O13. The maximum Gasteiger partial charge on any atom is 0.335 e. The molecule has 3 aromatic heterocycles. The van der Waals surface area contributed by atoms with Crippen LogP contribution in [0.5, 0.6) is 5.75 Å². The second kappa shape index (κ2) is 28.8. The molecule has 2 aliphatic heterocycles. The van der Waals surface area contributed by atoms with E-state index < -0.39 is 11.4 Å². The van der Waals surface area contributed by atoms with Crippen molar-refractivity contribution in [1.29, 1.82) is 0 Å². The van der Waals surface area contributed by atoms with E-state index in [0.29, 0.717) is 142 Å². The third-order valence-electron chi connectivity index (χ3n) is 12.6. The monoisotopic (exact) mass is 1010 g/mol. The highest BCUT2D eigenvalue weighted by molar-refractivity contribution is 6.07. The molecule has 0 saturated carbocycles. The zero-order valence-electron chi connectivity index (χ0n) is 43.5. The van der Waals surface area contributed by atoms with Gasteiger partial charge in [-0.1, -0.05) is 26.0 Å². The molecule has 18 nitrogen and oxygen atoms in total. The number of aromatic carboxylic acids is 1. The van der Waals surface area contributed by atoms with Crippen molar-refractivity contribution >= 4 is 39.7 Å². The molecule has 5 heterocycles. The van der Waals surface area contributed by atoms with Crippen LogP contribution in [0.1, 0.15) is 95.2 Å². The summed E-state index contributed by atoms with van der Waals surface area (Å²) in [6.45, 7) is 15.5. The topological polar surface area (TPSA) is 224 Å². The normalized spacial score (nSPS) is 13.9. The lowest BCUT2D eigenvalue weighted by Gasteiger charge is -2.15. The molecule has 1 aromatic carbocycles. The summed E-state index contributed by atoms with van der Waals surface area (Å²) in [6, 6.07) is 17.2. The molecule has 1 amide bonds. The minimum atomic E-state index is -0.954. The second-order valence-corrected chi connectivity index (χ2v) is 19.1. The molecule has 2 aliphatic rings. The number of ether oxygens (including phenoxy) is 9. The van der Waals surface area contributed by atoms with Crippen molar-refractivity contribution in [3.8, 4) is 5.75 Å². The van der Waals surface area contributed by atoms with Crippen molar-refractivity contribution in [3.63, 3.8) is 0 Å². The number of carboxylic acid groups (broad SMARTS) is 1. The van der Waals surface area contributed by atoms with E-state index >= 15 is 0 Å². The van der Waals surface area contributed by atoms with Crippen LogP contribution in [0.25, 0.3) is 22.1 Å². The molecule has 4 aromatic rings. The summed E-state index contributed by atoms with van der Waals surface area (Å²) in [6.07, 6.45) is 3.56. The number of nitrogens with one attached hydrogen (secondary N) is 3. The number of Topliss-reactive ketones (excluding diaryl/α,β-unsaturated/α-hetero) is 1. The number of ketones is 1. The molecule has 398 valence electrons. The molecule has 18 heteroatoms. The Morgan fingerprint density at radius 1 is 0.644 bits per heavy atom. The molecule has 0 spiro atoms. The Morgan fingerprint density at radius 2 is 1.19 bits per heavy atom. The van der Waals surface area contributed by atoms with Gasteiger partial charge in [-0.15, -0.1) is 0 Å². The fourth-order valence-electron chi connectivity index (χ4n) is 8.43. The van der Waals surface area contributed by atoms with Gasteiger partial charge in [-0.2, -0.15) is 0 Å². The average Bonchev–Trinajstić information content (AvgIpc) is 4.08. The van der Waals surface area contributed by atoms with Crippen molar-refractivity contribution in [2.75, 3.05) is 120 Å². The highest BCUT2D eigenvalue weighted by Crippen LogP contribution is 2.38. The third-order valence-corrected chi connectivity index (χ3v) is 12.6. The maximum absolute atomic E-state index is 14.3. The number of carbonyl (C=O) groups is 3. The van der Waals surface area contributed by atoms with Gasteiger partial charge in [0.2, 0.25) is 5.91 Å². The molecule has 0 unspecified atom stereocenters. The quantitative estimate of drug-likeness (QED) is 0.0365. The molecule has 8 bridgehead atoms. The number of carboxylic acids is 1. The first-order valence-electron chi connectivity index (χ1n) is 25.3. The number of rotatable bonds is 33. The van der Waals surface area contributed by atoms with E-state index in [1.54, 1.807) is 26.4 Å². The largest absolute Gasteiger partial charge is 0.492 e. The summed E-state index contributed by atoms with van der Waals surface area (Å²) in [5.41, 5.74) is 7.95. The van der Waals surface area contributed by atoms with Crippen LogP contribution < -0.4 is 10.1 Å². The molecule has 0 aliphatic carbocycles. The Hall–Kier alpha value is -5.57. The summed E-state index contributed by atoms with van der Waals surface area (Å²) in [4.78, 5) is 55.7. The molecule has 0 radical (unpaired) electrons. The van der Waals surface area contributed by atoms with Crippen molar-refractivity contribution in [3.05, 3.63) is 99.6 Å². The Morgan fingerprint density at radius 3 is 1.77 bits per heavy atom. The summed E-state index contributed by atoms with van der Waals surface area (Å²) in [7, 11) is 3.19. The minimum Gasteiger partial charge on any atom is -0.492 e. The molecule has 4 N–H and O–H groups in total. The van der Waals surface area contributed by atoms with E-state index in [9.17, 15) is 19.5 Å². The number of aryl methyl sites for hydroxylation is 3. The zero-order chi connectivity index (χ0) is 52.1. The SMILES string of the molecule is COCCOCCOCCOCCOCCOCCOCCOCCC(=O)NCCCc1cc2cc3nc(cc4[nH]c(cc5nc(c(OC)c1[nH]2)C(=O)C5(C)C)cc4CCc1ccc(C(=O)O)cc1)CC3(C)C. The average molecular weight is 1010 g/mol. The Kier molecular flexibility index (Phi) is 22.4. The lowest BCUT2D eigenvalue weighted by atomic mass is 9.85. The number of fused-ring (bicyclic) bond motifs is 8. The van der Waals surface area contributed by atoms with E-state index in [0.717, 1.165) is 51.0 Å². The number of nitrogens with zero attached hydrogens (tertiary/aromatic N) is 2. The van der Waals surface area contributed by atoms with E-state index in [2.05, 4.69) is 53.4 Å². The Labute approximate surface area is 428 Å². The molecule has 6 rings (SSSR count). The summed E-state index contributed by atoms with van der Waals surface area (Å²) >= 11 is 0. The standard InChI is InChI=1S/C55H75N5O13/c1-54(2)37-44-34-45-40(14-11-38-9-12-39(13-10-38)53(63)64)32-42(57-45)36-47-55(3,4)52(62)50(60-47)51(66-6)49-41(33-43(59-49)35-46(54)58-44)8-7-16-56-48(61)15-17-67-20-21-69-24-25-71-28-29-73-31-30-72-27-26-70-23-22-68-19-18-65-5/h9-10,12-13,32-36,57,59H,7-8,11,14-31,37H2,1-6H3,(H,56,61)(H,63,64). The number of hydrogen-bond acceptors (Lipinski definition) is 14. The van der Waals surface area contributed by atoms with Crippen molar-refractivity contribution in [1.82, 2.24) is 25.3 Å². The number of carbonyl (C=O) groups excluding carboxylic acids is 2. The predicted molar refractivity (Wildman–Crippen MR) is 276 cm³/mol. The van der Waals surface area contributed by atoms with Gasteiger partial charge in [-0.25, -0.2) is 9.78 Å². The number of aromatic nitrogens is 4. The van der Waals surface area contributed by atoms with Crippen molar-refractivity contribution in [2.24, 2.45) is 0 Å².